The lowest BCUT2D eigenvalue weighted by Gasteiger charge is -2.17. The predicted molar refractivity (Wildman–Crippen MR) is 188 cm³/mol. The van der Waals surface area contributed by atoms with Crippen LogP contribution in [0.2, 0.25) is 0 Å². The number of alkyl carbamates (subject to hydrolysis) is 2. The molecule has 2 aliphatic heterocycles. The van der Waals surface area contributed by atoms with Gasteiger partial charge in [-0.1, -0.05) is 41.5 Å². The van der Waals surface area contributed by atoms with Gasteiger partial charge in [0.25, 0.3) is 0 Å². The van der Waals surface area contributed by atoms with Crippen molar-refractivity contribution in [3.63, 3.8) is 0 Å². The number of carbonyl (C=O) groups excluding carboxylic acids is 3. The van der Waals surface area contributed by atoms with Crippen LogP contribution in [0.3, 0.4) is 0 Å². The van der Waals surface area contributed by atoms with E-state index in [4.69, 9.17) is 26.4 Å². The minimum absolute atomic E-state index is 0.144. The molecule has 50 heavy (non-hydrogen) atoms. The van der Waals surface area contributed by atoms with Crippen molar-refractivity contribution < 1.29 is 52.4 Å². The van der Waals surface area contributed by atoms with Gasteiger partial charge in [-0.2, -0.15) is 0 Å². The average molecular weight is 717 g/mol. The van der Waals surface area contributed by atoms with Crippen molar-refractivity contribution >= 4 is 24.1 Å². The lowest BCUT2D eigenvalue weighted by molar-refractivity contribution is -0.142. The van der Waals surface area contributed by atoms with Crippen molar-refractivity contribution in [3.8, 4) is 0 Å². The second-order valence-electron chi connectivity index (χ2n) is 13.2. The number of hydrogen-bond acceptors (Lipinski definition) is 10. The molecule has 0 saturated carbocycles. The molecule has 8 N–H and O–H groups in total. The number of halogens is 2. The summed E-state index contributed by atoms with van der Waals surface area (Å²) >= 11 is 0. The molecule has 286 valence electrons. The second-order valence-corrected chi connectivity index (χ2v) is 13.2. The predicted octanol–water partition coefficient (Wildman–Crippen LogP) is 4.85. The number of rotatable bonds is 12. The van der Waals surface area contributed by atoms with Crippen LogP contribution in [0.25, 0.3) is 0 Å². The van der Waals surface area contributed by atoms with Crippen LogP contribution >= 0.6 is 0 Å². The highest BCUT2D eigenvalue weighted by Gasteiger charge is 2.29. The highest BCUT2D eigenvalue weighted by molar-refractivity contribution is 5.73. The van der Waals surface area contributed by atoms with Crippen molar-refractivity contribution in [3.05, 3.63) is 60.2 Å². The summed E-state index contributed by atoms with van der Waals surface area (Å²) in [7, 11) is 0. The summed E-state index contributed by atoms with van der Waals surface area (Å²) in [4.78, 5) is 41.4. The van der Waals surface area contributed by atoms with Crippen molar-refractivity contribution in [1.29, 1.82) is 0 Å². The van der Waals surface area contributed by atoms with E-state index < -0.39 is 35.5 Å². The summed E-state index contributed by atoms with van der Waals surface area (Å²) in [5, 5.41) is 21.8. The molecule has 0 spiro atoms. The van der Waals surface area contributed by atoms with Crippen LogP contribution in [0.4, 0.5) is 18.4 Å². The van der Waals surface area contributed by atoms with E-state index in [-0.39, 0.29) is 43.8 Å². The van der Waals surface area contributed by atoms with E-state index in [1.807, 2.05) is 37.3 Å². The molecule has 2 fully saturated rings. The number of nitrogens with two attached hydrogens (primary N) is 2. The van der Waals surface area contributed by atoms with Gasteiger partial charge in [0.1, 0.15) is 37.2 Å². The summed E-state index contributed by atoms with van der Waals surface area (Å²) < 4.78 is 39.7. The number of alkyl halides is 2. The first-order chi connectivity index (χ1) is 22.9. The summed E-state index contributed by atoms with van der Waals surface area (Å²) in [6.07, 6.45) is 0.925. The standard InChI is InChI=1S/C9H10O2.C7H12FNO2.C7H11NO2.C6H14FNO.C6H11NO2/c1-8(10)11-7-9-5-3-2-4-6-9;1-7(2,8)3-5-4-11-6(10)9-5;1-5(2)3-6-4-10-7(9)8-6;1-6(2,7)3-5(8)4-9;1-4(2)3-5(7)6(8)9/h2-6H,7H2,1H3;5H,3-4H2,1-2H3,(H,9,10);6H,1,3-4H2,2H3,(H,8,9);5,9H,3-4,8H2,1-2H3;5H,1,3,7H2,2H3,(H,8,9)/t;5-;6-;2*5-/m.0000/s1. The molecule has 4 atom stereocenters. The Bertz CT molecular complexity index is 1190. The maximum Gasteiger partial charge on any atom is 0.407 e. The van der Waals surface area contributed by atoms with E-state index in [9.17, 15) is 28.0 Å². The van der Waals surface area contributed by atoms with Crippen LogP contribution in [0.15, 0.2) is 54.6 Å². The third kappa shape index (κ3) is 31.2. The zero-order valence-electron chi connectivity index (χ0n) is 30.4. The minimum Gasteiger partial charge on any atom is -0.480 e. The van der Waals surface area contributed by atoms with Gasteiger partial charge >= 0.3 is 24.1 Å². The van der Waals surface area contributed by atoms with E-state index in [0.717, 1.165) is 23.1 Å². The number of carboxylic acid groups (broad SMARTS) is 1. The van der Waals surface area contributed by atoms with Gasteiger partial charge in [-0.25, -0.2) is 18.4 Å². The Balaban J connectivity index is 0. The van der Waals surface area contributed by atoms with Crippen LogP contribution < -0.4 is 22.1 Å². The molecular weight excluding hydrogens is 658 g/mol. The topological polar surface area (TPSA) is 213 Å². The molecule has 2 saturated heterocycles. The number of ether oxygens (including phenoxy) is 3. The highest BCUT2D eigenvalue weighted by atomic mass is 19.1. The molecule has 0 unspecified atom stereocenters. The normalized spacial score (nSPS) is 17.3. The monoisotopic (exact) mass is 716 g/mol. The second kappa shape index (κ2) is 25.0. The third-order valence-corrected chi connectivity index (χ3v) is 5.95. The van der Waals surface area contributed by atoms with Gasteiger partial charge < -0.3 is 46.5 Å². The molecule has 0 aliphatic carbocycles. The number of cyclic esters (lactones) is 2. The maximum atomic E-state index is 13.0. The van der Waals surface area contributed by atoms with Crippen molar-refractivity contribution in [2.24, 2.45) is 11.5 Å². The van der Waals surface area contributed by atoms with Crippen LogP contribution in [-0.4, -0.2) is 89.7 Å². The first-order valence-electron chi connectivity index (χ1n) is 16.0. The molecule has 2 amide bonds. The number of aliphatic hydroxyl groups excluding tert-OH is 1. The molecule has 0 radical (unpaired) electrons. The molecular formula is C35H58F2N4O9. The van der Waals surface area contributed by atoms with Crippen molar-refractivity contribution in [1.82, 2.24) is 10.6 Å². The molecule has 3 rings (SSSR count). The first kappa shape index (κ1) is 48.0. The van der Waals surface area contributed by atoms with Crippen LogP contribution in [-0.2, 0) is 30.4 Å². The molecule has 1 aromatic rings. The Morgan fingerprint density at radius 1 is 0.940 bits per heavy atom. The number of nitrogens with one attached hydrogen (secondary N) is 2. The average Bonchev–Trinajstić information content (AvgIpc) is 3.57. The Morgan fingerprint density at radius 2 is 1.44 bits per heavy atom. The molecule has 2 heterocycles. The number of benzene rings is 1. The third-order valence-electron chi connectivity index (χ3n) is 5.95. The largest absolute Gasteiger partial charge is 0.480 e. The SMILES string of the molecule is C=C(C)C[C@H](N)C(=O)O.C=C(C)C[C@H]1COC(=O)N1.CC(=O)OCc1ccccc1.CC(C)(F)C[C@H](N)CO.CC(C)(F)C[C@H]1COC(=O)N1. The van der Waals surface area contributed by atoms with Crippen molar-refractivity contribution in [2.75, 3.05) is 19.8 Å². The summed E-state index contributed by atoms with van der Waals surface area (Å²) in [6.45, 7) is 19.2. The van der Waals surface area contributed by atoms with Gasteiger partial charge in [-0.3, -0.25) is 9.59 Å². The lowest BCUT2D eigenvalue weighted by Crippen LogP contribution is -2.32. The fourth-order valence-corrected chi connectivity index (χ4v) is 3.99. The highest BCUT2D eigenvalue weighted by Crippen LogP contribution is 2.18. The van der Waals surface area contributed by atoms with E-state index in [0.29, 0.717) is 26.1 Å². The Morgan fingerprint density at radius 3 is 1.74 bits per heavy atom. The smallest absolute Gasteiger partial charge is 0.407 e. The maximum absolute atomic E-state index is 13.0. The fourth-order valence-electron chi connectivity index (χ4n) is 3.99. The molecule has 0 bridgehead atoms. The van der Waals surface area contributed by atoms with E-state index in [1.54, 1.807) is 6.92 Å². The van der Waals surface area contributed by atoms with Gasteiger partial charge in [-0.05, 0) is 66.4 Å². The summed E-state index contributed by atoms with van der Waals surface area (Å²) in [5.41, 5.74) is 10.8. The Labute approximate surface area is 294 Å². The van der Waals surface area contributed by atoms with Gasteiger partial charge in [0.15, 0.2) is 0 Å². The minimum atomic E-state index is -1.26. The van der Waals surface area contributed by atoms with Crippen LogP contribution in [0.1, 0.15) is 79.7 Å². The van der Waals surface area contributed by atoms with E-state index in [1.165, 1.54) is 34.6 Å². The zero-order valence-corrected chi connectivity index (χ0v) is 30.4. The molecule has 0 aromatic heterocycles. The molecule has 1 aromatic carbocycles. The summed E-state index contributed by atoms with van der Waals surface area (Å²) in [5.74, 6) is -1.22. The number of aliphatic hydroxyl groups is 1. The number of carboxylic acids is 1. The van der Waals surface area contributed by atoms with Gasteiger partial charge in [0.2, 0.25) is 0 Å². The number of carbonyl (C=O) groups is 4. The van der Waals surface area contributed by atoms with Gasteiger partial charge in [0, 0.05) is 19.4 Å². The lowest BCUT2D eigenvalue weighted by atomic mass is 10.0. The fraction of sp³-hybridized carbons (Fsp3) is 0.600. The molecule has 15 heteroatoms. The molecule has 2 aliphatic rings. The number of hydrogen-bond donors (Lipinski definition) is 6. The van der Waals surface area contributed by atoms with Gasteiger partial charge in [0.05, 0.1) is 18.7 Å². The number of amides is 2. The van der Waals surface area contributed by atoms with Crippen LogP contribution in [0, 0.1) is 0 Å². The van der Waals surface area contributed by atoms with E-state index >= 15 is 0 Å². The number of aliphatic carboxylic acids is 1. The quantitative estimate of drug-likeness (QED) is 0.0977. The van der Waals surface area contributed by atoms with Gasteiger partial charge in [-0.15, -0.1) is 13.2 Å². The van der Waals surface area contributed by atoms with Crippen molar-refractivity contribution in [2.45, 2.75) is 116 Å². The van der Waals surface area contributed by atoms with Crippen LogP contribution in [0.5, 0.6) is 0 Å². The Kier molecular flexibility index (Phi) is 24.0. The zero-order chi connectivity index (χ0) is 39.1. The van der Waals surface area contributed by atoms with E-state index in [2.05, 4.69) is 33.3 Å². The Hall–Kier alpha value is -4.08. The first-order valence-corrected chi connectivity index (χ1v) is 16.0. The number of esters is 1. The molecule has 13 nitrogen and oxygen atoms in total. The summed E-state index contributed by atoms with van der Waals surface area (Å²) in [6, 6.07) is 8.36.